The van der Waals surface area contributed by atoms with Crippen molar-refractivity contribution in [1.29, 1.82) is 10.5 Å². The topological polar surface area (TPSA) is 158 Å². The first-order valence-electron chi connectivity index (χ1n) is 9.57. The minimum Gasteiger partial charge on any atom is -0.486 e. The van der Waals surface area contributed by atoms with Crippen molar-refractivity contribution in [3.05, 3.63) is 76.4 Å². The molecule has 0 spiro atoms. The zero-order valence-electron chi connectivity index (χ0n) is 16.9. The van der Waals surface area contributed by atoms with Gasteiger partial charge < -0.3 is 21.5 Å². The molecule has 0 saturated carbocycles. The van der Waals surface area contributed by atoms with Gasteiger partial charge in [-0.05, 0) is 23.3 Å². The first kappa shape index (κ1) is 21.3. The van der Waals surface area contributed by atoms with E-state index in [4.69, 9.17) is 21.5 Å². The molecule has 11 heteroatoms. The Kier molecular flexibility index (Phi) is 5.62. The van der Waals surface area contributed by atoms with Crippen molar-refractivity contribution < 1.29 is 13.5 Å². The molecular formula is C22H16F2N8O. The molecule has 164 valence electrons. The molecule has 1 atom stereocenters. The summed E-state index contributed by atoms with van der Waals surface area (Å²) in [5, 5.41) is 23.8. The summed E-state index contributed by atoms with van der Waals surface area (Å²) in [6.07, 6.45) is 1.78. The van der Waals surface area contributed by atoms with Crippen LogP contribution in [0.15, 0.2) is 47.5 Å². The van der Waals surface area contributed by atoms with Crippen LogP contribution in [0.1, 0.15) is 28.3 Å². The summed E-state index contributed by atoms with van der Waals surface area (Å²) < 4.78 is 33.0. The molecule has 1 unspecified atom stereocenters. The number of aliphatic imine (C=N–C) groups is 1. The highest BCUT2D eigenvalue weighted by Crippen LogP contribution is 2.41. The van der Waals surface area contributed by atoms with Crippen LogP contribution in [-0.2, 0) is 6.61 Å². The Bertz CT molecular complexity index is 1360. The highest BCUT2D eigenvalue weighted by molar-refractivity contribution is 5.98. The number of benzene rings is 2. The predicted molar refractivity (Wildman–Crippen MR) is 117 cm³/mol. The highest BCUT2D eigenvalue weighted by atomic mass is 19.1. The SMILES string of the molecule is N#CNC1=NC(c2ccccc2COc2cc(F)ccc2F)c2c(nc(N)c(C#N)c2N)N1. The Labute approximate surface area is 186 Å². The van der Waals surface area contributed by atoms with Crippen LogP contribution < -0.4 is 26.8 Å². The van der Waals surface area contributed by atoms with Crippen LogP contribution in [-0.4, -0.2) is 10.9 Å². The molecule has 1 aliphatic rings. The third-order valence-corrected chi connectivity index (χ3v) is 4.98. The van der Waals surface area contributed by atoms with Crippen molar-refractivity contribution in [3.8, 4) is 18.0 Å². The largest absolute Gasteiger partial charge is 0.486 e. The maximum absolute atomic E-state index is 14.0. The number of ether oxygens (including phenoxy) is 1. The smallest absolute Gasteiger partial charge is 0.211 e. The number of fused-ring (bicyclic) bond motifs is 1. The lowest BCUT2D eigenvalue weighted by Gasteiger charge is -2.27. The summed E-state index contributed by atoms with van der Waals surface area (Å²) in [7, 11) is 0. The lowest BCUT2D eigenvalue weighted by Crippen LogP contribution is -2.33. The van der Waals surface area contributed by atoms with Gasteiger partial charge in [0.2, 0.25) is 5.96 Å². The van der Waals surface area contributed by atoms with Gasteiger partial charge in [-0.15, -0.1) is 0 Å². The summed E-state index contributed by atoms with van der Waals surface area (Å²) in [6.45, 7) is -0.111. The Balaban J connectivity index is 1.80. The zero-order chi connectivity index (χ0) is 23.5. The normalized spacial score (nSPS) is 14.2. The fourth-order valence-electron chi connectivity index (χ4n) is 3.48. The molecule has 2 aromatic carbocycles. The molecular weight excluding hydrogens is 430 g/mol. The van der Waals surface area contributed by atoms with E-state index in [0.717, 1.165) is 18.2 Å². The van der Waals surface area contributed by atoms with Crippen molar-refractivity contribution in [2.75, 3.05) is 16.8 Å². The molecule has 3 aromatic rings. The molecule has 4 rings (SSSR count). The van der Waals surface area contributed by atoms with Crippen LogP contribution in [0.5, 0.6) is 5.75 Å². The lowest BCUT2D eigenvalue weighted by molar-refractivity contribution is 0.287. The predicted octanol–water partition coefficient (Wildman–Crippen LogP) is 2.92. The first-order valence-corrected chi connectivity index (χ1v) is 9.57. The molecule has 6 N–H and O–H groups in total. The number of nitrogens with two attached hydrogens (primary N) is 2. The number of hydrogen-bond donors (Lipinski definition) is 4. The third-order valence-electron chi connectivity index (χ3n) is 4.98. The quantitative estimate of drug-likeness (QED) is 0.352. The average Bonchev–Trinajstić information content (AvgIpc) is 2.79. The standard InChI is InChI=1S/C22H16F2N8O/c23-12-5-6-15(24)16(7-12)33-9-11-3-1-2-4-13(11)19-17-18(27)14(8-25)20(28)31-21(17)32-22(30-19)29-10-26/h1-7,19H,9H2,(H6,27,28,29,30,31,32). The van der Waals surface area contributed by atoms with E-state index in [1.54, 1.807) is 30.5 Å². The minimum atomic E-state index is -0.797. The molecule has 33 heavy (non-hydrogen) atoms. The molecule has 2 heterocycles. The summed E-state index contributed by atoms with van der Waals surface area (Å²) >= 11 is 0. The van der Waals surface area contributed by atoms with E-state index in [1.807, 2.05) is 6.07 Å². The number of nitrogen functional groups attached to an aromatic ring is 2. The second-order valence-corrected chi connectivity index (χ2v) is 6.96. The van der Waals surface area contributed by atoms with Crippen LogP contribution in [0.4, 0.5) is 26.1 Å². The molecule has 0 amide bonds. The van der Waals surface area contributed by atoms with Gasteiger partial charge in [0.25, 0.3) is 0 Å². The lowest BCUT2D eigenvalue weighted by atomic mass is 9.92. The van der Waals surface area contributed by atoms with Crippen LogP contribution in [0.3, 0.4) is 0 Å². The summed E-state index contributed by atoms with van der Waals surface area (Å²) in [5.41, 5.74) is 13.8. The van der Waals surface area contributed by atoms with Crippen LogP contribution in [0.2, 0.25) is 0 Å². The van der Waals surface area contributed by atoms with Crippen molar-refractivity contribution in [3.63, 3.8) is 0 Å². The van der Waals surface area contributed by atoms with Gasteiger partial charge in [-0.2, -0.15) is 10.5 Å². The fourth-order valence-corrected chi connectivity index (χ4v) is 3.48. The number of nitrogens with one attached hydrogen (secondary N) is 2. The van der Waals surface area contributed by atoms with Gasteiger partial charge in [-0.25, -0.2) is 18.8 Å². The average molecular weight is 446 g/mol. The highest BCUT2D eigenvalue weighted by Gasteiger charge is 2.31. The Morgan fingerprint density at radius 2 is 1.94 bits per heavy atom. The van der Waals surface area contributed by atoms with Gasteiger partial charge in [-0.3, -0.25) is 5.32 Å². The minimum absolute atomic E-state index is 0.00278. The van der Waals surface area contributed by atoms with E-state index >= 15 is 0 Å². The van der Waals surface area contributed by atoms with Crippen molar-refractivity contribution >= 4 is 23.3 Å². The Morgan fingerprint density at radius 1 is 1.15 bits per heavy atom. The molecule has 0 bridgehead atoms. The monoisotopic (exact) mass is 446 g/mol. The molecule has 0 saturated heterocycles. The number of nitriles is 2. The number of guanidine groups is 1. The fraction of sp³-hybridized carbons (Fsp3) is 0.0909. The number of aromatic nitrogens is 1. The van der Waals surface area contributed by atoms with Gasteiger partial charge in [0.15, 0.2) is 17.8 Å². The number of hydrogen-bond acceptors (Lipinski definition) is 9. The Hall–Kier alpha value is -4.90. The van der Waals surface area contributed by atoms with Gasteiger partial charge in [0, 0.05) is 11.6 Å². The van der Waals surface area contributed by atoms with E-state index in [0.29, 0.717) is 16.7 Å². The van der Waals surface area contributed by atoms with E-state index in [-0.39, 0.29) is 41.2 Å². The summed E-state index contributed by atoms with van der Waals surface area (Å²) in [6, 6.07) is 11.0. The van der Waals surface area contributed by atoms with Crippen LogP contribution >= 0.6 is 0 Å². The maximum Gasteiger partial charge on any atom is 0.211 e. The molecule has 1 aliphatic heterocycles. The second kappa shape index (κ2) is 8.69. The summed E-state index contributed by atoms with van der Waals surface area (Å²) in [5.74, 6) is -1.33. The molecule has 1 aromatic heterocycles. The van der Waals surface area contributed by atoms with Crippen molar-refractivity contribution in [2.45, 2.75) is 12.6 Å². The molecule has 0 aliphatic carbocycles. The number of nitrogens with zero attached hydrogens (tertiary/aromatic N) is 4. The van der Waals surface area contributed by atoms with E-state index in [9.17, 15) is 14.0 Å². The van der Waals surface area contributed by atoms with Crippen LogP contribution in [0, 0.1) is 34.4 Å². The zero-order valence-corrected chi connectivity index (χ0v) is 16.9. The number of anilines is 3. The van der Waals surface area contributed by atoms with E-state index in [2.05, 4.69) is 20.6 Å². The number of halogens is 2. The third kappa shape index (κ3) is 4.03. The van der Waals surface area contributed by atoms with Crippen molar-refractivity contribution in [1.82, 2.24) is 10.3 Å². The molecule has 0 radical (unpaired) electrons. The first-order chi connectivity index (χ1) is 15.9. The molecule has 9 nitrogen and oxygen atoms in total. The van der Waals surface area contributed by atoms with Gasteiger partial charge in [0.1, 0.15) is 41.7 Å². The number of pyridine rings is 1. The molecule has 0 fully saturated rings. The van der Waals surface area contributed by atoms with E-state index < -0.39 is 17.7 Å². The van der Waals surface area contributed by atoms with Crippen LogP contribution in [0.25, 0.3) is 0 Å². The summed E-state index contributed by atoms with van der Waals surface area (Å²) in [4.78, 5) is 8.72. The second-order valence-electron chi connectivity index (χ2n) is 6.96. The van der Waals surface area contributed by atoms with E-state index in [1.165, 1.54) is 0 Å². The van der Waals surface area contributed by atoms with Gasteiger partial charge in [0.05, 0.1) is 5.69 Å². The van der Waals surface area contributed by atoms with Gasteiger partial charge in [-0.1, -0.05) is 24.3 Å². The maximum atomic E-state index is 14.0. The van der Waals surface area contributed by atoms with Crippen molar-refractivity contribution in [2.24, 2.45) is 4.99 Å². The Morgan fingerprint density at radius 3 is 2.70 bits per heavy atom. The number of rotatable bonds is 4. The van der Waals surface area contributed by atoms with Gasteiger partial charge >= 0.3 is 0 Å².